The highest BCUT2D eigenvalue weighted by molar-refractivity contribution is 5.75. The number of nitriles is 1. The van der Waals surface area contributed by atoms with E-state index in [2.05, 4.69) is 69.9 Å². The third-order valence-corrected chi connectivity index (χ3v) is 10.2. The van der Waals surface area contributed by atoms with E-state index in [0.29, 0.717) is 28.3 Å². The molecule has 1 aliphatic carbocycles. The van der Waals surface area contributed by atoms with E-state index in [-0.39, 0.29) is 17.4 Å². The third-order valence-electron chi connectivity index (χ3n) is 10.2. The quantitative estimate of drug-likeness (QED) is 0.131. The van der Waals surface area contributed by atoms with Gasteiger partial charge in [-0.1, -0.05) is 72.1 Å². The van der Waals surface area contributed by atoms with Gasteiger partial charge in [-0.2, -0.15) is 19.0 Å². The first-order chi connectivity index (χ1) is 24.0. The molecule has 3 heterocycles. The molecule has 1 fully saturated rings. The van der Waals surface area contributed by atoms with Crippen LogP contribution in [0, 0.1) is 28.6 Å². The molecule has 0 aliphatic heterocycles. The highest BCUT2D eigenvalue weighted by Gasteiger charge is 2.26. The summed E-state index contributed by atoms with van der Waals surface area (Å²) >= 11 is 0. The third kappa shape index (κ3) is 7.78. The summed E-state index contributed by atoms with van der Waals surface area (Å²) < 4.78 is 30.2. The van der Waals surface area contributed by atoms with E-state index in [4.69, 9.17) is 10.1 Å². The SMILES string of the molecule is CC(C)c1cc(C(C)C)cc(N(c2cccc(-c3ccc(F)nc3F)n2)c2ccn(-c3ccc(CCCC4(C)CCCCC4)c(C#N)c3)n2)c1. The summed E-state index contributed by atoms with van der Waals surface area (Å²) in [5.74, 6) is -0.131. The Bertz CT molecular complexity index is 1970. The van der Waals surface area contributed by atoms with Crippen molar-refractivity contribution in [1.29, 1.82) is 5.26 Å². The first-order valence-electron chi connectivity index (χ1n) is 17.9. The zero-order valence-electron chi connectivity index (χ0n) is 29.8. The fourth-order valence-electron chi connectivity index (χ4n) is 7.10. The number of hydrogen-bond acceptors (Lipinski definition) is 5. The molecule has 3 aromatic heterocycles. The van der Waals surface area contributed by atoms with Crippen molar-refractivity contribution >= 4 is 17.3 Å². The molecule has 0 amide bonds. The van der Waals surface area contributed by atoms with Crippen molar-refractivity contribution in [2.75, 3.05) is 4.90 Å². The van der Waals surface area contributed by atoms with Crippen LogP contribution in [0.2, 0.25) is 0 Å². The maximum atomic E-state index is 14.8. The fourth-order valence-corrected chi connectivity index (χ4v) is 7.10. The van der Waals surface area contributed by atoms with Crippen LogP contribution in [0.1, 0.15) is 114 Å². The van der Waals surface area contributed by atoms with Gasteiger partial charge in [-0.05, 0) is 115 Å². The van der Waals surface area contributed by atoms with Crippen molar-refractivity contribution in [3.8, 4) is 23.0 Å². The highest BCUT2D eigenvalue weighted by atomic mass is 19.1. The van der Waals surface area contributed by atoms with Crippen LogP contribution >= 0.6 is 0 Å². The normalized spacial score (nSPS) is 14.2. The molecule has 50 heavy (non-hydrogen) atoms. The summed E-state index contributed by atoms with van der Waals surface area (Å²) in [5, 5.41) is 15.1. The molecule has 0 spiro atoms. The first-order valence-corrected chi connectivity index (χ1v) is 17.9. The minimum Gasteiger partial charge on any atom is -0.277 e. The van der Waals surface area contributed by atoms with E-state index in [1.807, 2.05) is 35.4 Å². The molecule has 0 unspecified atom stereocenters. The number of hydrogen-bond donors (Lipinski definition) is 0. The summed E-state index contributed by atoms with van der Waals surface area (Å²) in [6.07, 6.45) is 11.6. The molecule has 0 radical (unpaired) electrons. The molecule has 0 saturated heterocycles. The van der Waals surface area contributed by atoms with Crippen LogP contribution in [0.4, 0.5) is 26.1 Å². The standard InChI is InChI=1S/C42H46F2N6/c1-28(2)31-23-32(29(3)4)25-35(24-31)50(39-13-9-12-37(46-39)36-16-17-38(43)47-41(36)44)40-18-22-49(48-40)34-15-14-30(33(26-34)27-45)11-10-21-42(5)19-7-6-8-20-42/h9,12-18,22-26,28-29H,6-8,10-11,19-21H2,1-5H3. The summed E-state index contributed by atoms with van der Waals surface area (Å²) in [6, 6.07) is 24.7. The molecule has 8 heteroatoms. The maximum absolute atomic E-state index is 14.8. The van der Waals surface area contributed by atoms with Crippen LogP contribution in [-0.2, 0) is 6.42 Å². The summed E-state index contributed by atoms with van der Waals surface area (Å²) in [7, 11) is 0. The number of aryl methyl sites for hydroxylation is 1. The van der Waals surface area contributed by atoms with Crippen molar-refractivity contribution in [3.05, 3.63) is 113 Å². The second kappa shape index (κ2) is 14.9. The Kier molecular flexibility index (Phi) is 10.4. The van der Waals surface area contributed by atoms with E-state index in [1.54, 1.807) is 16.8 Å². The number of rotatable bonds is 11. The Morgan fingerprint density at radius 1 is 0.860 bits per heavy atom. The predicted octanol–water partition coefficient (Wildman–Crippen LogP) is 11.5. The van der Waals surface area contributed by atoms with Gasteiger partial charge in [-0.3, -0.25) is 4.90 Å². The second-order valence-corrected chi connectivity index (χ2v) is 14.7. The smallest absolute Gasteiger partial charge is 0.224 e. The van der Waals surface area contributed by atoms with Gasteiger partial charge in [0, 0.05) is 18.0 Å². The molecule has 6 rings (SSSR count). The Hall–Kier alpha value is -4.90. The lowest BCUT2D eigenvalue weighted by molar-refractivity contribution is 0.194. The molecule has 258 valence electrons. The van der Waals surface area contributed by atoms with Crippen molar-refractivity contribution < 1.29 is 8.78 Å². The minimum atomic E-state index is -0.922. The lowest BCUT2D eigenvalue weighted by atomic mass is 9.72. The largest absolute Gasteiger partial charge is 0.277 e. The van der Waals surface area contributed by atoms with Gasteiger partial charge in [0.15, 0.2) is 5.82 Å². The molecule has 5 aromatic rings. The maximum Gasteiger partial charge on any atom is 0.224 e. The molecular formula is C42H46F2N6. The first kappa shape index (κ1) is 34.9. The van der Waals surface area contributed by atoms with Crippen molar-refractivity contribution in [1.82, 2.24) is 19.7 Å². The second-order valence-electron chi connectivity index (χ2n) is 14.7. The van der Waals surface area contributed by atoms with Crippen molar-refractivity contribution in [2.45, 2.75) is 97.8 Å². The zero-order valence-corrected chi connectivity index (χ0v) is 29.8. The molecule has 6 nitrogen and oxygen atoms in total. The van der Waals surface area contributed by atoms with Gasteiger partial charge >= 0.3 is 0 Å². The molecule has 1 saturated carbocycles. The van der Waals surface area contributed by atoms with Gasteiger partial charge < -0.3 is 0 Å². The van der Waals surface area contributed by atoms with E-state index in [1.165, 1.54) is 55.7 Å². The number of nitrogens with zero attached hydrogens (tertiary/aromatic N) is 6. The van der Waals surface area contributed by atoms with Crippen molar-refractivity contribution in [2.24, 2.45) is 5.41 Å². The molecule has 0 bridgehead atoms. The number of aromatic nitrogens is 4. The van der Waals surface area contributed by atoms with Gasteiger partial charge in [0.05, 0.1) is 28.6 Å². The molecule has 0 N–H and O–H groups in total. The van der Waals surface area contributed by atoms with Gasteiger partial charge in [-0.15, -0.1) is 5.10 Å². The fraction of sp³-hybridized carbons (Fsp3) is 0.381. The van der Waals surface area contributed by atoms with Crippen LogP contribution in [0.15, 0.2) is 79.0 Å². The Labute approximate surface area is 294 Å². The zero-order chi connectivity index (χ0) is 35.4. The molecule has 1 aliphatic rings. The topological polar surface area (TPSA) is 70.6 Å². The Balaban J connectivity index is 1.36. The predicted molar refractivity (Wildman–Crippen MR) is 196 cm³/mol. The average molecular weight is 673 g/mol. The van der Waals surface area contributed by atoms with Gasteiger partial charge in [-0.25, -0.2) is 9.67 Å². The highest BCUT2D eigenvalue weighted by Crippen LogP contribution is 2.40. The number of anilines is 3. The van der Waals surface area contributed by atoms with E-state index < -0.39 is 11.9 Å². The van der Waals surface area contributed by atoms with Crippen molar-refractivity contribution in [3.63, 3.8) is 0 Å². The molecule has 0 atom stereocenters. The summed E-state index contributed by atoms with van der Waals surface area (Å²) in [6.45, 7) is 11.1. The van der Waals surface area contributed by atoms with Gasteiger partial charge in [0.2, 0.25) is 11.9 Å². The molecular weight excluding hydrogens is 626 g/mol. The van der Waals surface area contributed by atoms with E-state index in [9.17, 15) is 14.0 Å². The number of halogens is 2. The van der Waals surface area contributed by atoms with Gasteiger partial charge in [0.1, 0.15) is 5.82 Å². The van der Waals surface area contributed by atoms with Crippen LogP contribution < -0.4 is 4.90 Å². The lowest BCUT2D eigenvalue weighted by Gasteiger charge is -2.33. The summed E-state index contributed by atoms with van der Waals surface area (Å²) in [4.78, 5) is 10.2. The monoisotopic (exact) mass is 672 g/mol. The van der Waals surface area contributed by atoms with Crippen LogP contribution in [0.5, 0.6) is 0 Å². The van der Waals surface area contributed by atoms with Crippen LogP contribution in [0.3, 0.4) is 0 Å². The average Bonchev–Trinajstić information content (AvgIpc) is 3.58. The van der Waals surface area contributed by atoms with Crippen LogP contribution in [-0.4, -0.2) is 19.7 Å². The van der Waals surface area contributed by atoms with E-state index in [0.717, 1.165) is 35.8 Å². The summed E-state index contributed by atoms with van der Waals surface area (Å²) in [5.41, 5.74) is 6.59. The number of benzene rings is 2. The lowest BCUT2D eigenvalue weighted by Crippen LogP contribution is -2.20. The molecule has 2 aromatic carbocycles. The Morgan fingerprint density at radius 2 is 1.60 bits per heavy atom. The Morgan fingerprint density at radius 3 is 2.28 bits per heavy atom. The van der Waals surface area contributed by atoms with Gasteiger partial charge in [0.25, 0.3) is 0 Å². The minimum absolute atomic E-state index is 0.106. The van der Waals surface area contributed by atoms with Crippen LogP contribution in [0.25, 0.3) is 16.9 Å². The van der Waals surface area contributed by atoms with E-state index >= 15 is 0 Å². The number of pyridine rings is 2.